The highest BCUT2D eigenvalue weighted by Crippen LogP contribution is 2.25. The number of urea groups is 1. The Bertz CT molecular complexity index is 264. The predicted molar refractivity (Wildman–Crippen MR) is 60.2 cm³/mol. The van der Waals surface area contributed by atoms with Crippen LogP contribution in [0.5, 0.6) is 0 Å². The molecule has 92 valence electrons. The highest BCUT2D eigenvalue weighted by atomic mass is 16.4. The quantitative estimate of drug-likeness (QED) is 0.741. The number of carbonyl (C=O) groups excluding carboxylic acids is 1. The molecule has 0 heterocycles. The maximum atomic E-state index is 11.6. The van der Waals surface area contributed by atoms with Gasteiger partial charge in [-0.15, -0.1) is 0 Å². The van der Waals surface area contributed by atoms with Crippen LogP contribution in [0.4, 0.5) is 4.79 Å². The van der Waals surface area contributed by atoms with Gasteiger partial charge in [0.25, 0.3) is 0 Å². The molecule has 2 amide bonds. The molecule has 1 unspecified atom stereocenters. The molecule has 0 aromatic carbocycles. The lowest BCUT2D eigenvalue weighted by Gasteiger charge is -2.27. The van der Waals surface area contributed by atoms with Crippen LogP contribution in [-0.4, -0.2) is 42.1 Å². The van der Waals surface area contributed by atoms with Crippen molar-refractivity contribution in [2.24, 2.45) is 11.8 Å². The third-order valence-electron chi connectivity index (χ3n) is 3.08. The molecule has 1 atom stereocenters. The molecule has 0 bridgehead atoms. The van der Waals surface area contributed by atoms with Crippen molar-refractivity contribution >= 4 is 12.0 Å². The van der Waals surface area contributed by atoms with Crippen molar-refractivity contribution in [3.05, 3.63) is 0 Å². The van der Waals surface area contributed by atoms with E-state index in [-0.39, 0.29) is 12.6 Å². The maximum absolute atomic E-state index is 11.6. The lowest BCUT2D eigenvalue weighted by Crippen LogP contribution is -2.43. The lowest BCUT2D eigenvalue weighted by molar-refractivity contribution is -0.141. The van der Waals surface area contributed by atoms with Crippen molar-refractivity contribution in [1.29, 1.82) is 0 Å². The van der Waals surface area contributed by atoms with Crippen LogP contribution >= 0.6 is 0 Å². The summed E-state index contributed by atoms with van der Waals surface area (Å²) in [6.07, 6.45) is 3.64. The van der Waals surface area contributed by atoms with Gasteiger partial charge >= 0.3 is 12.0 Å². The Hall–Kier alpha value is -1.26. The molecule has 0 aromatic heterocycles. The van der Waals surface area contributed by atoms with Gasteiger partial charge in [0.1, 0.15) is 0 Å². The van der Waals surface area contributed by atoms with E-state index in [1.54, 1.807) is 14.0 Å². The minimum absolute atomic E-state index is 0.181. The zero-order chi connectivity index (χ0) is 12.1. The van der Waals surface area contributed by atoms with E-state index in [2.05, 4.69) is 5.32 Å². The number of hydrogen-bond acceptors (Lipinski definition) is 2. The van der Waals surface area contributed by atoms with Crippen LogP contribution in [-0.2, 0) is 4.79 Å². The van der Waals surface area contributed by atoms with Gasteiger partial charge in [0.15, 0.2) is 0 Å². The average molecular weight is 228 g/mol. The average Bonchev–Trinajstić information content (AvgIpc) is 2.14. The Balaban J connectivity index is 2.21. The van der Waals surface area contributed by atoms with E-state index >= 15 is 0 Å². The van der Waals surface area contributed by atoms with Crippen LogP contribution in [0.25, 0.3) is 0 Å². The van der Waals surface area contributed by atoms with Gasteiger partial charge in [-0.25, -0.2) is 4.79 Å². The summed E-state index contributed by atoms with van der Waals surface area (Å²) in [5.41, 5.74) is 0. The van der Waals surface area contributed by atoms with Crippen LogP contribution < -0.4 is 5.32 Å². The summed E-state index contributed by atoms with van der Waals surface area (Å²) >= 11 is 0. The molecule has 0 saturated heterocycles. The van der Waals surface area contributed by atoms with E-state index in [0.29, 0.717) is 12.5 Å². The molecule has 0 aliphatic heterocycles. The molecule has 5 heteroatoms. The Morgan fingerprint density at radius 3 is 2.56 bits per heavy atom. The fraction of sp³-hybridized carbons (Fsp3) is 0.818. The summed E-state index contributed by atoms with van der Waals surface area (Å²) < 4.78 is 0. The first-order chi connectivity index (χ1) is 7.50. The number of nitrogens with zero attached hydrogens (tertiary/aromatic N) is 1. The summed E-state index contributed by atoms with van der Waals surface area (Å²) in [6.45, 7) is 2.55. The number of nitrogens with one attached hydrogen (secondary N) is 1. The standard InChI is InChI=1S/C11H20N2O3/c1-8(10(14)15)7-13(2)11(16)12-6-9-4-3-5-9/h8-9H,3-7H2,1-2H3,(H,12,16)(H,14,15). The minimum Gasteiger partial charge on any atom is -0.481 e. The van der Waals surface area contributed by atoms with E-state index in [0.717, 1.165) is 0 Å². The first kappa shape index (κ1) is 12.8. The van der Waals surface area contributed by atoms with E-state index in [1.165, 1.54) is 24.2 Å². The molecule has 0 aromatic rings. The molecule has 16 heavy (non-hydrogen) atoms. The van der Waals surface area contributed by atoms with Crippen molar-refractivity contribution in [1.82, 2.24) is 10.2 Å². The summed E-state index contributed by atoms with van der Waals surface area (Å²) in [5.74, 6) is -0.785. The molecule has 1 fully saturated rings. The van der Waals surface area contributed by atoms with Crippen molar-refractivity contribution in [2.75, 3.05) is 20.1 Å². The molecule has 5 nitrogen and oxygen atoms in total. The van der Waals surface area contributed by atoms with Gasteiger partial charge in [-0.05, 0) is 18.8 Å². The molecule has 1 aliphatic carbocycles. The Labute approximate surface area is 95.8 Å². The van der Waals surface area contributed by atoms with Gasteiger partial charge in [0.05, 0.1) is 5.92 Å². The van der Waals surface area contributed by atoms with Crippen LogP contribution in [0.3, 0.4) is 0 Å². The van der Waals surface area contributed by atoms with E-state index in [9.17, 15) is 9.59 Å². The van der Waals surface area contributed by atoms with Gasteiger partial charge in [0, 0.05) is 20.1 Å². The summed E-state index contributed by atoms with van der Waals surface area (Å²) in [7, 11) is 1.62. The summed E-state index contributed by atoms with van der Waals surface area (Å²) in [4.78, 5) is 23.6. The third kappa shape index (κ3) is 3.72. The molecular weight excluding hydrogens is 208 g/mol. The molecule has 1 saturated carbocycles. The number of amides is 2. The van der Waals surface area contributed by atoms with Crippen molar-refractivity contribution in [2.45, 2.75) is 26.2 Å². The number of rotatable bonds is 5. The number of carbonyl (C=O) groups is 2. The number of carboxylic acids is 1. The van der Waals surface area contributed by atoms with Gasteiger partial charge in [-0.1, -0.05) is 13.3 Å². The normalized spacial score (nSPS) is 17.4. The van der Waals surface area contributed by atoms with Crippen LogP contribution in [0.2, 0.25) is 0 Å². The Kier molecular flexibility index (Phi) is 4.58. The molecule has 1 rings (SSSR count). The second kappa shape index (κ2) is 5.72. The zero-order valence-electron chi connectivity index (χ0n) is 9.90. The Morgan fingerprint density at radius 2 is 2.12 bits per heavy atom. The van der Waals surface area contributed by atoms with Gasteiger partial charge < -0.3 is 15.3 Å². The van der Waals surface area contributed by atoms with E-state index in [4.69, 9.17) is 5.11 Å². The highest BCUT2D eigenvalue weighted by molar-refractivity contribution is 5.75. The van der Waals surface area contributed by atoms with Gasteiger partial charge in [-0.2, -0.15) is 0 Å². The number of aliphatic carboxylic acids is 1. The monoisotopic (exact) mass is 228 g/mol. The van der Waals surface area contributed by atoms with Crippen molar-refractivity contribution in [3.63, 3.8) is 0 Å². The van der Waals surface area contributed by atoms with Crippen LogP contribution in [0.1, 0.15) is 26.2 Å². The van der Waals surface area contributed by atoms with Crippen LogP contribution in [0, 0.1) is 11.8 Å². The molecule has 2 N–H and O–H groups in total. The summed E-state index contributed by atoms with van der Waals surface area (Å²) in [6, 6.07) is -0.181. The van der Waals surface area contributed by atoms with Crippen molar-refractivity contribution in [3.8, 4) is 0 Å². The first-order valence-electron chi connectivity index (χ1n) is 5.72. The fourth-order valence-electron chi connectivity index (χ4n) is 1.64. The summed E-state index contributed by atoms with van der Waals surface area (Å²) in [5, 5.41) is 11.5. The van der Waals surface area contributed by atoms with E-state index in [1.807, 2.05) is 0 Å². The minimum atomic E-state index is -0.876. The molecule has 0 spiro atoms. The maximum Gasteiger partial charge on any atom is 0.317 e. The Morgan fingerprint density at radius 1 is 1.50 bits per heavy atom. The van der Waals surface area contributed by atoms with E-state index < -0.39 is 11.9 Å². The lowest BCUT2D eigenvalue weighted by atomic mass is 9.85. The van der Waals surface area contributed by atoms with Crippen LogP contribution in [0.15, 0.2) is 0 Å². The molecule has 1 aliphatic rings. The SMILES string of the molecule is CC(CN(C)C(=O)NCC1CCC1)C(=O)O. The van der Waals surface area contributed by atoms with Gasteiger partial charge in [-0.3, -0.25) is 4.79 Å². The number of hydrogen-bond donors (Lipinski definition) is 2. The predicted octanol–water partition coefficient (Wildman–Crippen LogP) is 1.15. The first-order valence-corrected chi connectivity index (χ1v) is 5.72. The second-order valence-corrected chi connectivity index (χ2v) is 4.60. The topological polar surface area (TPSA) is 69.6 Å². The third-order valence-corrected chi connectivity index (χ3v) is 3.08. The number of carboxylic acid groups (broad SMARTS) is 1. The smallest absolute Gasteiger partial charge is 0.317 e. The highest BCUT2D eigenvalue weighted by Gasteiger charge is 2.20. The molecular formula is C11H20N2O3. The zero-order valence-corrected chi connectivity index (χ0v) is 9.90. The largest absolute Gasteiger partial charge is 0.481 e. The van der Waals surface area contributed by atoms with Crippen molar-refractivity contribution < 1.29 is 14.7 Å². The molecule has 0 radical (unpaired) electrons. The van der Waals surface area contributed by atoms with Gasteiger partial charge in [0.2, 0.25) is 0 Å². The fourth-order valence-corrected chi connectivity index (χ4v) is 1.64. The second-order valence-electron chi connectivity index (χ2n) is 4.60.